The summed E-state index contributed by atoms with van der Waals surface area (Å²) in [6.07, 6.45) is 5.21. The Bertz CT molecular complexity index is 1060. The Kier molecular flexibility index (Phi) is 5.03. The normalized spacial score (nSPS) is 17.2. The molecule has 2 amide bonds. The van der Waals surface area contributed by atoms with Gasteiger partial charge < -0.3 is 14.4 Å². The van der Waals surface area contributed by atoms with Crippen LogP contribution in [-0.4, -0.2) is 52.4 Å². The lowest BCUT2D eigenvalue weighted by Gasteiger charge is -2.38. The van der Waals surface area contributed by atoms with Gasteiger partial charge in [-0.3, -0.25) is 9.59 Å². The first-order chi connectivity index (χ1) is 14.7. The maximum atomic E-state index is 13.4. The van der Waals surface area contributed by atoms with Crippen LogP contribution in [0.1, 0.15) is 35.2 Å². The number of fused-ring (bicyclic) bond motifs is 1. The number of benzene rings is 2. The molecule has 30 heavy (non-hydrogen) atoms. The molecule has 1 aliphatic carbocycles. The Balaban J connectivity index is 1.34. The summed E-state index contributed by atoms with van der Waals surface area (Å²) in [5.74, 6) is 0.574. The minimum Gasteiger partial charge on any atom is -0.342 e. The van der Waals surface area contributed by atoms with Gasteiger partial charge in [-0.15, -0.1) is 0 Å². The van der Waals surface area contributed by atoms with Crippen LogP contribution in [0.2, 0.25) is 0 Å². The Hall–Kier alpha value is -3.08. The molecule has 0 N–H and O–H groups in total. The van der Waals surface area contributed by atoms with Crippen molar-refractivity contribution in [3.8, 4) is 0 Å². The van der Waals surface area contributed by atoms with Crippen molar-refractivity contribution in [3.63, 3.8) is 0 Å². The minimum atomic E-state index is 0.0637. The van der Waals surface area contributed by atoms with Crippen LogP contribution in [0, 0.1) is 5.92 Å². The summed E-state index contributed by atoms with van der Waals surface area (Å²) < 4.78 is 2.16. The first-order valence-corrected chi connectivity index (χ1v) is 10.9. The summed E-state index contributed by atoms with van der Waals surface area (Å²) in [5, 5.41) is 0.992. The van der Waals surface area contributed by atoms with E-state index in [4.69, 9.17) is 0 Å². The standard InChI is InChI=1S/C25H27N3O2/c29-24(20-9-6-10-20)26-13-15-27(16-14-26)25(30)22-18-28(17-19-7-2-1-3-8-19)23-12-5-4-11-21(22)23/h1-5,7-8,11-12,18,20H,6,9-10,13-17H2. The maximum absolute atomic E-state index is 13.4. The van der Waals surface area contributed by atoms with Gasteiger partial charge in [0.2, 0.25) is 5.91 Å². The number of aromatic nitrogens is 1. The first-order valence-electron chi connectivity index (χ1n) is 10.9. The van der Waals surface area contributed by atoms with E-state index < -0.39 is 0 Å². The number of para-hydroxylation sites is 1. The van der Waals surface area contributed by atoms with E-state index in [-0.39, 0.29) is 17.7 Å². The van der Waals surface area contributed by atoms with E-state index in [0.717, 1.165) is 35.9 Å². The second kappa shape index (κ2) is 7.98. The Morgan fingerprint density at radius 1 is 0.833 bits per heavy atom. The fourth-order valence-electron chi connectivity index (χ4n) is 4.54. The number of hydrogen-bond donors (Lipinski definition) is 0. The van der Waals surface area contributed by atoms with Crippen molar-refractivity contribution in [3.05, 3.63) is 71.9 Å². The molecule has 154 valence electrons. The summed E-state index contributed by atoms with van der Waals surface area (Å²) in [7, 11) is 0. The average Bonchev–Trinajstić information content (AvgIpc) is 3.11. The molecule has 1 saturated carbocycles. The summed E-state index contributed by atoms with van der Waals surface area (Å²) in [5.41, 5.74) is 3.03. The van der Waals surface area contributed by atoms with Crippen molar-refractivity contribution in [2.24, 2.45) is 5.92 Å². The molecular formula is C25H27N3O2. The van der Waals surface area contributed by atoms with Gasteiger partial charge in [0.25, 0.3) is 5.91 Å². The zero-order valence-corrected chi connectivity index (χ0v) is 17.2. The monoisotopic (exact) mass is 401 g/mol. The third-order valence-corrected chi connectivity index (χ3v) is 6.55. The molecule has 1 saturated heterocycles. The van der Waals surface area contributed by atoms with Crippen LogP contribution >= 0.6 is 0 Å². The molecule has 5 rings (SSSR count). The van der Waals surface area contributed by atoms with Crippen LogP contribution in [0.5, 0.6) is 0 Å². The van der Waals surface area contributed by atoms with Gasteiger partial charge >= 0.3 is 0 Å². The first kappa shape index (κ1) is 18.9. The molecule has 1 aromatic heterocycles. The van der Waals surface area contributed by atoms with E-state index in [1.165, 1.54) is 12.0 Å². The number of rotatable bonds is 4. The van der Waals surface area contributed by atoms with Gasteiger partial charge in [-0.1, -0.05) is 55.0 Å². The van der Waals surface area contributed by atoms with E-state index in [9.17, 15) is 9.59 Å². The van der Waals surface area contributed by atoms with Gasteiger partial charge in [-0.2, -0.15) is 0 Å². The number of amides is 2. The number of piperazine rings is 1. The van der Waals surface area contributed by atoms with Gasteiger partial charge in [0.15, 0.2) is 0 Å². The number of carbonyl (C=O) groups is 2. The quantitative estimate of drug-likeness (QED) is 0.668. The van der Waals surface area contributed by atoms with Crippen LogP contribution in [-0.2, 0) is 11.3 Å². The van der Waals surface area contributed by atoms with E-state index in [1.807, 2.05) is 52.4 Å². The highest BCUT2D eigenvalue weighted by Gasteiger charge is 2.32. The summed E-state index contributed by atoms with van der Waals surface area (Å²) >= 11 is 0. The molecule has 2 heterocycles. The average molecular weight is 402 g/mol. The summed E-state index contributed by atoms with van der Waals surface area (Å²) in [4.78, 5) is 29.7. The lowest BCUT2D eigenvalue weighted by Crippen LogP contribution is -2.52. The second-order valence-electron chi connectivity index (χ2n) is 8.42. The van der Waals surface area contributed by atoms with Crippen molar-refractivity contribution in [2.45, 2.75) is 25.8 Å². The van der Waals surface area contributed by atoms with Gasteiger partial charge in [-0.05, 0) is 24.5 Å². The predicted octanol–water partition coefficient (Wildman–Crippen LogP) is 3.77. The summed E-state index contributed by atoms with van der Waals surface area (Å²) in [6.45, 7) is 3.23. The van der Waals surface area contributed by atoms with Gasteiger partial charge in [0, 0.05) is 55.7 Å². The third kappa shape index (κ3) is 3.49. The zero-order valence-electron chi connectivity index (χ0n) is 17.2. The zero-order chi connectivity index (χ0) is 20.5. The van der Waals surface area contributed by atoms with Crippen LogP contribution in [0.25, 0.3) is 10.9 Å². The van der Waals surface area contributed by atoms with Crippen molar-refractivity contribution >= 4 is 22.7 Å². The smallest absolute Gasteiger partial charge is 0.256 e. The van der Waals surface area contributed by atoms with E-state index in [0.29, 0.717) is 26.2 Å². The van der Waals surface area contributed by atoms with E-state index in [2.05, 4.69) is 22.8 Å². The molecule has 5 heteroatoms. The van der Waals surface area contributed by atoms with Crippen molar-refractivity contribution in [1.29, 1.82) is 0 Å². The molecule has 0 bridgehead atoms. The molecule has 3 aromatic rings. The molecule has 0 unspecified atom stereocenters. The van der Waals surface area contributed by atoms with Crippen LogP contribution in [0.3, 0.4) is 0 Å². The van der Waals surface area contributed by atoms with Gasteiger partial charge in [0.05, 0.1) is 5.56 Å². The molecule has 0 spiro atoms. The molecular weight excluding hydrogens is 374 g/mol. The lowest BCUT2D eigenvalue weighted by molar-refractivity contribution is -0.139. The van der Waals surface area contributed by atoms with Gasteiger partial charge in [0.1, 0.15) is 0 Å². The minimum absolute atomic E-state index is 0.0637. The molecule has 2 aromatic carbocycles. The SMILES string of the molecule is O=C(c1cn(Cc2ccccc2)c2ccccc12)N1CCN(C(=O)C2CCC2)CC1. The van der Waals surface area contributed by atoms with Gasteiger partial charge in [-0.25, -0.2) is 0 Å². The largest absolute Gasteiger partial charge is 0.342 e. The van der Waals surface area contributed by atoms with Crippen molar-refractivity contribution in [1.82, 2.24) is 14.4 Å². The topological polar surface area (TPSA) is 45.6 Å². The fourth-order valence-corrected chi connectivity index (χ4v) is 4.54. The second-order valence-corrected chi connectivity index (χ2v) is 8.42. The highest BCUT2D eigenvalue weighted by atomic mass is 16.2. The summed E-state index contributed by atoms with van der Waals surface area (Å²) in [6, 6.07) is 18.4. The molecule has 1 aliphatic heterocycles. The van der Waals surface area contributed by atoms with E-state index >= 15 is 0 Å². The molecule has 5 nitrogen and oxygen atoms in total. The number of carbonyl (C=O) groups excluding carboxylic acids is 2. The third-order valence-electron chi connectivity index (χ3n) is 6.55. The number of hydrogen-bond acceptors (Lipinski definition) is 2. The van der Waals surface area contributed by atoms with Crippen LogP contribution in [0.15, 0.2) is 60.8 Å². The van der Waals surface area contributed by atoms with Crippen LogP contribution < -0.4 is 0 Å². The lowest BCUT2D eigenvalue weighted by atomic mass is 9.84. The van der Waals surface area contributed by atoms with Crippen molar-refractivity contribution < 1.29 is 9.59 Å². The Labute approximate surface area is 176 Å². The maximum Gasteiger partial charge on any atom is 0.256 e. The fraction of sp³-hybridized carbons (Fsp3) is 0.360. The van der Waals surface area contributed by atoms with Crippen molar-refractivity contribution in [2.75, 3.05) is 26.2 Å². The van der Waals surface area contributed by atoms with Crippen LogP contribution in [0.4, 0.5) is 0 Å². The molecule has 2 aliphatic rings. The number of nitrogens with zero attached hydrogens (tertiary/aromatic N) is 3. The predicted molar refractivity (Wildman–Crippen MR) is 117 cm³/mol. The molecule has 2 fully saturated rings. The van der Waals surface area contributed by atoms with E-state index in [1.54, 1.807) is 0 Å². The highest BCUT2D eigenvalue weighted by molar-refractivity contribution is 6.07. The Morgan fingerprint density at radius 2 is 1.50 bits per heavy atom. The molecule has 0 atom stereocenters. The highest BCUT2D eigenvalue weighted by Crippen LogP contribution is 2.29. The molecule has 0 radical (unpaired) electrons. The Morgan fingerprint density at radius 3 is 2.20 bits per heavy atom.